The molecule has 0 aromatic rings. The van der Waals surface area contributed by atoms with Crippen molar-refractivity contribution in [2.45, 2.75) is 26.7 Å². The van der Waals surface area contributed by atoms with Crippen molar-refractivity contribution >= 4 is 5.71 Å². The van der Waals surface area contributed by atoms with Gasteiger partial charge in [-0.2, -0.15) is 0 Å². The smallest absolute Gasteiger partial charge is 0.00613 e. The average molecular weight is 111 g/mol. The molecule has 0 bridgehead atoms. The lowest BCUT2D eigenvalue weighted by Gasteiger charge is -1.88. The Morgan fingerprint density at radius 2 is 2.25 bits per heavy atom. The molecule has 46 valence electrons. The van der Waals surface area contributed by atoms with Gasteiger partial charge in [-0.05, 0) is 26.7 Å². The second-order valence-corrected chi connectivity index (χ2v) is 1.89. The maximum atomic E-state index is 7.04. The van der Waals surface area contributed by atoms with Crippen molar-refractivity contribution in [3.63, 3.8) is 0 Å². The van der Waals surface area contributed by atoms with Crippen molar-refractivity contribution in [1.82, 2.24) is 0 Å². The van der Waals surface area contributed by atoms with Crippen LogP contribution >= 0.6 is 0 Å². The molecule has 0 saturated heterocycles. The molecule has 0 aliphatic carbocycles. The van der Waals surface area contributed by atoms with Gasteiger partial charge in [0.2, 0.25) is 0 Å². The third-order valence-corrected chi connectivity index (χ3v) is 0.922. The van der Waals surface area contributed by atoms with Gasteiger partial charge in [0.15, 0.2) is 0 Å². The maximum Gasteiger partial charge on any atom is 0.00613 e. The normalized spacial score (nSPS) is 10.2. The minimum atomic E-state index is 0.767. The van der Waals surface area contributed by atoms with Gasteiger partial charge in [0.1, 0.15) is 0 Å². The van der Waals surface area contributed by atoms with Crippen molar-refractivity contribution in [2.75, 3.05) is 0 Å². The summed E-state index contributed by atoms with van der Waals surface area (Å²) in [7, 11) is 0. The highest BCUT2D eigenvalue weighted by molar-refractivity contribution is 5.78. The van der Waals surface area contributed by atoms with Crippen LogP contribution in [-0.4, -0.2) is 5.71 Å². The van der Waals surface area contributed by atoms with E-state index in [0.29, 0.717) is 0 Å². The molecule has 0 rings (SSSR count). The zero-order valence-corrected chi connectivity index (χ0v) is 5.57. The summed E-state index contributed by atoms with van der Waals surface area (Å²) in [4.78, 5) is 0. The average Bonchev–Trinajstić information content (AvgIpc) is 1.66. The summed E-state index contributed by atoms with van der Waals surface area (Å²) in [5, 5.41) is 7.04. The van der Waals surface area contributed by atoms with Gasteiger partial charge in [0, 0.05) is 5.71 Å². The van der Waals surface area contributed by atoms with Gasteiger partial charge < -0.3 is 5.41 Å². The molecule has 0 fully saturated rings. The van der Waals surface area contributed by atoms with Gasteiger partial charge in [-0.25, -0.2) is 0 Å². The first kappa shape index (κ1) is 7.41. The predicted octanol–water partition coefficient (Wildman–Crippen LogP) is 2.38. The van der Waals surface area contributed by atoms with Crippen LogP contribution < -0.4 is 0 Å². The number of rotatable bonds is 3. The number of allylic oxidation sites excluding steroid dienone is 2. The Bertz CT molecular complexity index is 92.6. The Kier molecular flexibility index (Phi) is 4.23. The van der Waals surface area contributed by atoms with Crippen LogP contribution in [0.4, 0.5) is 0 Å². The van der Waals surface area contributed by atoms with Crippen molar-refractivity contribution in [3.8, 4) is 0 Å². The molecule has 0 atom stereocenters. The molecular formula is C7H13N. The van der Waals surface area contributed by atoms with Crippen LogP contribution in [0.2, 0.25) is 0 Å². The zero-order valence-electron chi connectivity index (χ0n) is 5.57. The highest BCUT2D eigenvalue weighted by Gasteiger charge is 1.81. The lowest BCUT2D eigenvalue weighted by Crippen LogP contribution is -1.84. The van der Waals surface area contributed by atoms with Crippen molar-refractivity contribution < 1.29 is 0 Å². The number of hydrogen-bond acceptors (Lipinski definition) is 1. The molecular weight excluding hydrogens is 98.1 g/mol. The molecule has 1 heteroatoms. The highest BCUT2D eigenvalue weighted by Crippen LogP contribution is 1.90. The van der Waals surface area contributed by atoms with Gasteiger partial charge in [0.05, 0.1) is 0 Å². The third-order valence-electron chi connectivity index (χ3n) is 0.922. The van der Waals surface area contributed by atoms with E-state index in [1.54, 1.807) is 0 Å². The summed E-state index contributed by atoms with van der Waals surface area (Å²) in [5.74, 6) is 0. The topological polar surface area (TPSA) is 23.9 Å². The first-order chi connectivity index (χ1) is 3.77. The molecule has 0 amide bonds. The fourth-order valence-electron chi connectivity index (χ4n) is 0.467. The summed E-state index contributed by atoms with van der Waals surface area (Å²) in [6, 6.07) is 0. The molecule has 0 spiro atoms. The monoisotopic (exact) mass is 111 g/mol. The molecule has 0 heterocycles. The molecule has 0 aromatic carbocycles. The van der Waals surface area contributed by atoms with Crippen molar-refractivity contribution in [1.29, 1.82) is 5.41 Å². The fourth-order valence-corrected chi connectivity index (χ4v) is 0.467. The first-order valence-electron chi connectivity index (χ1n) is 2.92. The van der Waals surface area contributed by atoms with Gasteiger partial charge in [-0.3, -0.25) is 0 Å². The van der Waals surface area contributed by atoms with E-state index in [2.05, 4.69) is 6.08 Å². The van der Waals surface area contributed by atoms with E-state index >= 15 is 0 Å². The Morgan fingerprint density at radius 3 is 2.62 bits per heavy atom. The van der Waals surface area contributed by atoms with Crippen molar-refractivity contribution in [3.05, 3.63) is 12.2 Å². The summed E-state index contributed by atoms with van der Waals surface area (Å²) >= 11 is 0. The summed E-state index contributed by atoms with van der Waals surface area (Å²) in [6.07, 6.45) is 6.02. The quantitative estimate of drug-likeness (QED) is 0.427. The standard InChI is InChI=1S/C7H13N/c1-3-4-5-6-7(2)8/h3-4,8H,5-6H2,1-2H3. The van der Waals surface area contributed by atoms with Gasteiger partial charge in [-0.15, -0.1) is 0 Å². The molecule has 0 radical (unpaired) electrons. The van der Waals surface area contributed by atoms with E-state index in [0.717, 1.165) is 18.6 Å². The molecule has 0 aromatic heterocycles. The van der Waals surface area contributed by atoms with E-state index in [9.17, 15) is 0 Å². The summed E-state index contributed by atoms with van der Waals surface area (Å²) in [6.45, 7) is 3.84. The lowest BCUT2D eigenvalue weighted by molar-refractivity contribution is 1.07. The maximum absolute atomic E-state index is 7.04. The second-order valence-electron chi connectivity index (χ2n) is 1.89. The van der Waals surface area contributed by atoms with Crippen LogP contribution in [0, 0.1) is 5.41 Å². The summed E-state index contributed by atoms with van der Waals surface area (Å²) < 4.78 is 0. The van der Waals surface area contributed by atoms with Crippen LogP contribution in [0.1, 0.15) is 26.7 Å². The Hall–Kier alpha value is -0.590. The summed E-state index contributed by atoms with van der Waals surface area (Å²) in [5.41, 5.74) is 0.767. The molecule has 0 saturated carbocycles. The van der Waals surface area contributed by atoms with E-state index in [1.165, 1.54) is 0 Å². The van der Waals surface area contributed by atoms with E-state index in [1.807, 2.05) is 19.9 Å². The number of nitrogens with one attached hydrogen (secondary N) is 1. The van der Waals surface area contributed by atoms with Crippen LogP contribution in [0.3, 0.4) is 0 Å². The van der Waals surface area contributed by atoms with Crippen LogP contribution in [0.5, 0.6) is 0 Å². The van der Waals surface area contributed by atoms with Crippen LogP contribution in [-0.2, 0) is 0 Å². The Balaban J connectivity index is 3.05. The van der Waals surface area contributed by atoms with Crippen LogP contribution in [0.15, 0.2) is 12.2 Å². The van der Waals surface area contributed by atoms with Gasteiger partial charge >= 0.3 is 0 Å². The molecule has 1 nitrogen and oxygen atoms in total. The zero-order chi connectivity index (χ0) is 6.41. The van der Waals surface area contributed by atoms with Gasteiger partial charge in [0.25, 0.3) is 0 Å². The van der Waals surface area contributed by atoms with Crippen LogP contribution in [0.25, 0.3) is 0 Å². The minimum Gasteiger partial charge on any atom is -0.310 e. The molecule has 8 heavy (non-hydrogen) atoms. The SMILES string of the molecule is CC=CCCC(C)=N. The molecule has 0 aliphatic rings. The highest BCUT2D eigenvalue weighted by atomic mass is 14.4. The Morgan fingerprint density at radius 1 is 1.62 bits per heavy atom. The second kappa shape index (κ2) is 4.57. The van der Waals surface area contributed by atoms with Gasteiger partial charge in [-0.1, -0.05) is 12.2 Å². The fraction of sp³-hybridized carbons (Fsp3) is 0.571. The van der Waals surface area contributed by atoms with E-state index < -0.39 is 0 Å². The Labute approximate surface area is 50.9 Å². The predicted molar refractivity (Wildman–Crippen MR) is 37.4 cm³/mol. The first-order valence-corrected chi connectivity index (χ1v) is 2.92. The molecule has 1 N–H and O–H groups in total. The molecule has 0 unspecified atom stereocenters. The number of hydrogen-bond donors (Lipinski definition) is 1. The van der Waals surface area contributed by atoms with E-state index in [4.69, 9.17) is 5.41 Å². The third kappa shape index (κ3) is 5.41. The van der Waals surface area contributed by atoms with E-state index in [-0.39, 0.29) is 0 Å². The lowest BCUT2D eigenvalue weighted by atomic mass is 10.2. The minimum absolute atomic E-state index is 0.767. The largest absolute Gasteiger partial charge is 0.310 e. The van der Waals surface area contributed by atoms with Crippen molar-refractivity contribution in [2.24, 2.45) is 0 Å². The molecule has 0 aliphatic heterocycles.